The fourth-order valence-electron chi connectivity index (χ4n) is 3.08. The van der Waals surface area contributed by atoms with E-state index in [0.29, 0.717) is 6.04 Å². The first-order valence-electron chi connectivity index (χ1n) is 6.05. The lowest BCUT2D eigenvalue weighted by atomic mass is 9.74. The van der Waals surface area contributed by atoms with Crippen molar-refractivity contribution in [3.8, 4) is 0 Å². The molecule has 2 aliphatic carbocycles. The molecule has 0 bridgehead atoms. The highest BCUT2D eigenvalue weighted by molar-refractivity contribution is 5.00. The van der Waals surface area contributed by atoms with Gasteiger partial charge in [0, 0.05) is 12.1 Å². The number of rotatable bonds is 2. The Bertz CT molecular complexity index is 196. The van der Waals surface area contributed by atoms with Gasteiger partial charge in [-0.1, -0.05) is 19.3 Å². The third-order valence-corrected chi connectivity index (χ3v) is 4.28. The molecule has 14 heavy (non-hydrogen) atoms. The quantitative estimate of drug-likeness (QED) is 0.733. The highest BCUT2D eigenvalue weighted by Crippen LogP contribution is 2.38. The van der Waals surface area contributed by atoms with Gasteiger partial charge in [-0.25, -0.2) is 0 Å². The van der Waals surface area contributed by atoms with Gasteiger partial charge < -0.3 is 5.11 Å². The largest absolute Gasteiger partial charge is 0.389 e. The highest BCUT2D eigenvalue weighted by atomic mass is 16.3. The number of likely N-dealkylation sites (N-methyl/N-ethyl adjacent to an activating group) is 1. The van der Waals surface area contributed by atoms with Gasteiger partial charge in [0.2, 0.25) is 0 Å². The number of hydrogen-bond acceptors (Lipinski definition) is 2. The van der Waals surface area contributed by atoms with Crippen molar-refractivity contribution in [3.63, 3.8) is 0 Å². The molecule has 2 heteroatoms. The fraction of sp³-hybridized carbons (Fsp3) is 1.00. The van der Waals surface area contributed by atoms with Crippen LogP contribution in [0.5, 0.6) is 0 Å². The molecule has 0 aliphatic heterocycles. The summed E-state index contributed by atoms with van der Waals surface area (Å²) in [6.45, 7) is 1.99. The molecule has 1 N–H and O–H groups in total. The molecule has 0 aromatic carbocycles. The lowest BCUT2D eigenvalue weighted by molar-refractivity contribution is -0.110. The molecule has 0 saturated heterocycles. The zero-order valence-corrected chi connectivity index (χ0v) is 9.50. The van der Waals surface area contributed by atoms with E-state index in [2.05, 4.69) is 11.9 Å². The Labute approximate surface area is 87.3 Å². The molecule has 2 atom stereocenters. The summed E-state index contributed by atoms with van der Waals surface area (Å²) in [5.41, 5.74) is -0.411. The first-order valence-corrected chi connectivity index (χ1v) is 6.05. The van der Waals surface area contributed by atoms with Crippen LogP contribution < -0.4 is 0 Å². The minimum Gasteiger partial charge on any atom is -0.389 e. The molecule has 0 spiro atoms. The van der Waals surface area contributed by atoms with E-state index in [1.807, 2.05) is 6.92 Å². The second-order valence-electron chi connectivity index (χ2n) is 5.37. The first-order chi connectivity index (χ1) is 6.61. The maximum absolute atomic E-state index is 10.0. The molecule has 0 aromatic heterocycles. The van der Waals surface area contributed by atoms with Crippen LogP contribution in [0.3, 0.4) is 0 Å². The minimum atomic E-state index is -0.411. The van der Waals surface area contributed by atoms with E-state index in [1.54, 1.807) is 0 Å². The first kappa shape index (κ1) is 10.4. The Kier molecular flexibility index (Phi) is 2.85. The van der Waals surface area contributed by atoms with E-state index in [0.717, 1.165) is 12.5 Å². The highest BCUT2D eigenvalue weighted by Gasteiger charge is 2.44. The molecule has 82 valence electrons. The third kappa shape index (κ3) is 1.82. The van der Waals surface area contributed by atoms with Crippen molar-refractivity contribution < 1.29 is 5.11 Å². The molecule has 0 heterocycles. The molecule has 2 rings (SSSR count). The Hall–Kier alpha value is -0.0800. The monoisotopic (exact) mass is 197 g/mol. The predicted molar refractivity (Wildman–Crippen MR) is 58.3 cm³/mol. The van der Waals surface area contributed by atoms with Gasteiger partial charge in [-0.05, 0) is 39.7 Å². The summed E-state index contributed by atoms with van der Waals surface area (Å²) in [4.78, 5) is 2.45. The summed E-state index contributed by atoms with van der Waals surface area (Å²) in [6, 6.07) is 1.16. The van der Waals surface area contributed by atoms with Crippen LogP contribution in [0.25, 0.3) is 0 Å². The van der Waals surface area contributed by atoms with Crippen molar-refractivity contribution in [2.75, 3.05) is 7.05 Å². The number of hydrogen-bond donors (Lipinski definition) is 1. The van der Waals surface area contributed by atoms with Gasteiger partial charge in [-0.2, -0.15) is 0 Å². The van der Waals surface area contributed by atoms with Crippen LogP contribution in [0, 0.1) is 0 Å². The zero-order valence-electron chi connectivity index (χ0n) is 9.50. The van der Waals surface area contributed by atoms with Crippen LogP contribution in [0.4, 0.5) is 0 Å². The van der Waals surface area contributed by atoms with E-state index in [-0.39, 0.29) is 0 Å². The van der Waals surface area contributed by atoms with Crippen molar-refractivity contribution in [3.05, 3.63) is 0 Å². The maximum atomic E-state index is 10.0. The maximum Gasteiger partial charge on any atom is 0.0774 e. The van der Waals surface area contributed by atoms with Crippen LogP contribution in [0.1, 0.15) is 51.9 Å². The average molecular weight is 197 g/mol. The van der Waals surface area contributed by atoms with Crippen LogP contribution in [-0.4, -0.2) is 34.7 Å². The third-order valence-electron chi connectivity index (χ3n) is 4.28. The number of aliphatic hydroxyl groups is 1. The van der Waals surface area contributed by atoms with Gasteiger partial charge in [-0.3, -0.25) is 4.90 Å². The van der Waals surface area contributed by atoms with E-state index < -0.39 is 5.60 Å². The van der Waals surface area contributed by atoms with Gasteiger partial charge in [0.25, 0.3) is 0 Å². The van der Waals surface area contributed by atoms with Gasteiger partial charge in [-0.15, -0.1) is 0 Å². The fourth-order valence-corrected chi connectivity index (χ4v) is 3.08. The summed E-state index contributed by atoms with van der Waals surface area (Å²) in [6.07, 6.45) is 9.00. The minimum absolute atomic E-state index is 0.411. The molecule has 0 amide bonds. The molecule has 0 unspecified atom stereocenters. The molecular formula is C12H23NO. The summed E-state index contributed by atoms with van der Waals surface area (Å²) < 4.78 is 0. The molecule has 0 radical (unpaired) electrons. The predicted octanol–water partition coefficient (Wildman–Crippen LogP) is 2.16. The normalized spacial score (nSPS) is 39.9. The van der Waals surface area contributed by atoms with Crippen molar-refractivity contribution in [2.45, 2.75) is 69.6 Å². The van der Waals surface area contributed by atoms with Crippen LogP contribution >= 0.6 is 0 Å². The van der Waals surface area contributed by atoms with E-state index in [4.69, 9.17) is 0 Å². The lowest BCUT2D eigenvalue weighted by Crippen LogP contribution is -2.60. The molecule has 0 aromatic rings. The van der Waals surface area contributed by atoms with Gasteiger partial charge in [0.15, 0.2) is 0 Å². The van der Waals surface area contributed by atoms with Crippen molar-refractivity contribution in [1.29, 1.82) is 0 Å². The van der Waals surface area contributed by atoms with Crippen LogP contribution in [0.2, 0.25) is 0 Å². The second-order valence-corrected chi connectivity index (χ2v) is 5.37. The topological polar surface area (TPSA) is 23.5 Å². The Balaban J connectivity index is 1.90. The van der Waals surface area contributed by atoms with E-state index in [1.165, 1.54) is 38.5 Å². The Morgan fingerprint density at radius 1 is 1.14 bits per heavy atom. The molecule has 2 nitrogen and oxygen atoms in total. The summed E-state index contributed by atoms with van der Waals surface area (Å²) in [5.74, 6) is 0. The van der Waals surface area contributed by atoms with E-state index in [9.17, 15) is 5.11 Å². The standard InChI is InChI=1S/C12H23NO/c1-12(14)9-8-11(12)13(2)10-6-4-3-5-7-10/h10-11,14H,3-9H2,1-2H3/t11-,12-/m0/s1. The molecule has 2 saturated carbocycles. The SMILES string of the molecule is CN(C1CCCCC1)[C@H]1CC[C@]1(C)O. The van der Waals surface area contributed by atoms with Crippen LogP contribution in [-0.2, 0) is 0 Å². The summed E-state index contributed by atoms with van der Waals surface area (Å²) in [5, 5.41) is 10.0. The van der Waals surface area contributed by atoms with Gasteiger partial charge in [0.05, 0.1) is 5.60 Å². The average Bonchev–Trinajstić information content (AvgIpc) is 2.18. The molecular weight excluding hydrogens is 174 g/mol. The molecule has 2 fully saturated rings. The van der Waals surface area contributed by atoms with Gasteiger partial charge in [0.1, 0.15) is 0 Å². The molecule has 2 aliphatic rings. The van der Waals surface area contributed by atoms with Crippen molar-refractivity contribution >= 4 is 0 Å². The zero-order chi connectivity index (χ0) is 10.2. The number of nitrogens with zero attached hydrogens (tertiary/aromatic N) is 1. The summed E-state index contributed by atoms with van der Waals surface area (Å²) in [7, 11) is 2.20. The lowest BCUT2D eigenvalue weighted by Gasteiger charge is -2.50. The second kappa shape index (κ2) is 3.82. The van der Waals surface area contributed by atoms with Gasteiger partial charge >= 0.3 is 0 Å². The van der Waals surface area contributed by atoms with Crippen LogP contribution in [0.15, 0.2) is 0 Å². The summed E-state index contributed by atoms with van der Waals surface area (Å²) >= 11 is 0. The van der Waals surface area contributed by atoms with Crippen molar-refractivity contribution in [2.24, 2.45) is 0 Å². The Morgan fingerprint density at radius 2 is 1.79 bits per heavy atom. The Morgan fingerprint density at radius 3 is 2.21 bits per heavy atom. The van der Waals surface area contributed by atoms with E-state index >= 15 is 0 Å². The van der Waals surface area contributed by atoms with Crippen molar-refractivity contribution in [1.82, 2.24) is 4.90 Å². The smallest absolute Gasteiger partial charge is 0.0774 e.